The number of carbonyl (C=O) groups is 1. The number of benzene rings is 2. The van der Waals surface area contributed by atoms with E-state index < -0.39 is 0 Å². The maximum absolute atomic E-state index is 12.5. The van der Waals surface area contributed by atoms with Gasteiger partial charge in [-0.3, -0.25) is 4.79 Å². The van der Waals surface area contributed by atoms with Crippen molar-refractivity contribution in [2.24, 2.45) is 5.92 Å². The summed E-state index contributed by atoms with van der Waals surface area (Å²) in [5.74, 6) is 1.30. The van der Waals surface area contributed by atoms with Crippen molar-refractivity contribution < 1.29 is 9.69 Å². The number of piperidine rings is 1. The first kappa shape index (κ1) is 18.7. The molecule has 26 heavy (non-hydrogen) atoms. The molecule has 0 atom stereocenters. The molecule has 3 rings (SSSR count). The quantitative estimate of drug-likeness (QED) is 0.823. The van der Waals surface area contributed by atoms with Crippen LogP contribution in [0.2, 0.25) is 0 Å². The van der Waals surface area contributed by atoms with Gasteiger partial charge in [0.2, 0.25) is 0 Å². The molecule has 138 valence electrons. The predicted octanol–water partition coefficient (Wildman–Crippen LogP) is 3.29. The van der Waals surface area contributed by atoms with Gasteiger partial charge < -0.3 is 10.2 Å². The van der Waals surface area contributed by atoms with Crippen molar-refractivity contribution in [1.29, 1.82) is 0 Å². The van der Waals surface area contributed by atoms with Gasteiger partial charge >= 0.3 is 0 Å². The molecule has 2 aromatic rings. The predicted molar refractivity (Wildman–Crippen MR) is 108 cm³/mol. The van der Waals surface area contributed by atoms with E-state index in [0.29, 0.717) is 12.5 Å². The zero-order valence-corrected chi connectivity index (χ0v) is 16.0. The summed E-state index contributed by atoms with van der Waals surface area (Å²) >= 11 is 0. The smallest absolute Gasteiger partial charge is 0.279 e. The van der Waals surface area contributed by atoms with Crippen LogP contribution in [0.15, 0.2) is 54.6 Å². The first-order chi connectivity index (χ1) is 12.6. The van der Waals surface area contributed by atoms with Crippen LogP contribution in [-0.4, -0.2) is 25.5 Å². The van der Waals surface area contributed by atoms with Gasteiger partial charge in [0, 0.05) is 5.69 Å². The maximum atomic E-state index is 12.5. The molecule has 1 aliphatic heterocycles. The molecule has 0 spiro atoms. The fourth-order valence-corrected chi connectivity index (χ4v) is 3.95. The average Bonchev–Trinajstić information content (AvgIpc) is 2.64. The highest BCUT2D eigenvalue weighted by Crippen LogP contribution is 2.23. The molecule has 1 amide bonds. The van der Waals surface area contributed by atoms with Crippen LogP contribution >= 0.6 is 0 Å². The standard InChI is InChI=1S/C23H30N2O/c1-18(2)21-10-6-7-11-22(21)24-23(26)17-25-14-12-20(13-15-25)16-19-8-4-3-5-9-19/h3-11,18,20H,12-17H2,1-2H3,(H,24,26)/p+1. The lowest BCUT2D eigenvalue weighted by atomic mass is 9.90. The number of hydrogen-bond acceptors (Lipinski definition) is 1. The van der Waals surface area contributed by atoms with Crippen LogP contribution in [0, 0.1) is 5.92 Å². The summed E-state index contributed by atoms with van der Waals surface area (Å²) < 4.78 is 0. The van der Waals surface area contributed by atoms with E-state index in [4.69, 9.17) is 0 Å². The molecular weight excluding hydrogens is 320 g/mol. The van der Waals surface area contributed by atoms with Gasteiger partial charge in [-0.2, -0.15) is 0 Å². The zero-order chi connectivity index (χ0) is 18.4. The lowest BCUT2D eigenvalue weighted by molar-refractivity contribution is -0.898. The van der Waals surface area contributed by atoms with E-state index in [9.17, 15) is 4.79 Å². The minimum absolute atomic E-state index is 0.134. The van der Waals surface area contributed by atoms with E-state index in [1.807, 2.05) is 18.2 Å². The van der Waals surface area contributed by atoms with Crippen LogP contribution < -0.4 is 10.2 Å². The number of anilines is 1. The molecule has 0 radical (unpaired) electrons. The van der Waals surface area contributed by atoms with E-state index in [1.54, 1.807) is 0 Å². The molecule has 0 aliphatic carbocycles. The van der Waals surface area contributed by atoms with Gasteiger partial charge in [-0.05, 0) is 48.3 Å². The van der Waals surface area contributed by atoms with Gasteiger partial charge in [0.05, 0.1) is 13.1 Å². The molecule has 3 heteroatoms. The molecule has 2 aromatic carbocycles. The number of likely N-dealkylation sites (tertiary alicyclic amines) is 1. The average molecular weight is 352 g/mol. The normalized spacial score (nSPS) is 20.1. The molecular formula is C23H31N2O+. The summed E-state index contributed by atoms with van der Waals surface area (Å²) in [6, 6.07) is 18.9. The molecule has 1 aliphatic rings. The molecule has 0 saturated carbocycles. The Morgan fingerprint density at radius 1 is 1.04 bits per heavy atom. The van der Waals surface area contributed by atoms with Crippen molar-refractivity contribution in [3.8, 4) is 0 Å². The Labute approximate surface area is 157 Å². The Kier molecular flexibility index (Phi) is 6.45. The highest BCUT2D eigenvalue weighted by atomic mass is 16.2. The van der Waals surface area contributed by atoms with Crippen LogP contribution in [0.5, 0.6) is 0 Å². The molecule has 1 fully saturated rings. The third kappa shape index (κ3) is 5.18. The van der Waals surface area contributed by atoms with E-state index in [-0.39, 0.29) is 5.91 Å². The highest BCUT2D eigenvalue weighted by Gasteiger charge is 2.24. The Bertz CT molecular complexity index is 703. The molecule has 0 unspecified atom stereocenters. The summed E-state index contributed by atoms with van der Waals surface area (Å²) in [6.07, 6.45) is 3.59. The minimum Gasteiger partial charge on any atom is -0.327 e. The topological polar surface area (TPSA) is 33.5 Å². The van der Waals surface area contributed by atoms with Crippen LogP contribution in [0.4, 0.5) is 5.69 Å². The molecule has 2 N–H and O–H groups in total. The summed E-state index contributed by atoms with van der Waals surface area (Å²) in [5, 5.41) is 3.13. The fourth-order valence-electron chi connectivity index (χ4n) is 3.95. The minimum atomic E-state index is 0.134. The Hall–Kier alpha value is -2.13. The summed E-state index contributed by atoms with van der Waals surface area (Å²) in [7, 11) is 0. The summed E-state index contributed by atoms with van der Waals surface area (Å²) in [5.41, 5.74) is 3.60. The Morgan fingerprint density at radius 3 is 2.38 bits per heavy atom. The second-order valence-corrected chi connectivity index (χ2v) is 7.85. The third-order valence-corrected chi connectivity index (χ3v) is 5.45. The summed E-state index contributed by atoms with van der Waals surface area (Å²) in [6.45, 7) is 7.08. The van der Waals surface area contributed by atoms with Crippen LogP contribution in [0.1, 0.15) is 43.7 Å². The fraction of sp³-hybridized carbons (Fsp3) is 0.435. The Morgan fingerprint density at radius 2 is 1.69 bits per heavy atom. The van der Waals surface area contributed by atoms with Crippen molar-refractivity contribution >= 4 is 11.6 Å². The molecule has 0 bridgehead atoms. The maximum Gasteiger partial charge on any atom is 0.279 e. The zero-order valence-electron chi connectivity index (χ0n) is 16.0. The van der Waals surface area contributed by atoms with Gasteiger partial charge in [-0.15, -0.1) is 0 Å². The number of para-hydroxylation sites is 1. The van der Waals surface area contributed by atoms with E-state index in [0.717, 1.165) is 24.7 Å². The van der Waals surface area contributed by atoms with Crippen molar-refractivity contribution in [2.45, 2.75) is 39.0 Å². The molecule has 3 nitrogen and oxygen atoms in total. The largest absolute Gasteiger partial charge is 0.327 e. The monoisotopic (exact) mass is 351 g/mol. The second kappa shape index (κ2) is 9.00. The van der Waals surface area contributed by atoms with E-state index in [1.165, 1.54) is 35.3 Å². The lowest BCUT2D eigenvalue weighted by Gasteiger charge is -2.29. The van der Waals surface area contributed by atoms with Gasteiger partial charge in [-0.1, -0.05) is 62.4 Å². The number of amides is 1. The van der Waals surface area contributed by atoms with Gasteiger partial charge in [0.15, 0.2) is 6.54 Å². The van der Waals surface area contributed by atoms with Crippen molar-refractivity contribution in [3.63, 3.8) is 0 Å². The second-order valence-electron chi connectivity index (χ2n) is 7.85. The number of quaternary nitrogens is 1. The lowest BCUT2D eigenvalue weighted by Crippen LogP contribution is -3.14. The molecule has 1 heterocycles. The van der Waals surface area contributed by atoms with E-state index >= 15 is 0 Å². The van der Waals surface area contributed by atoms with Gasteiger partial charge in [0.25, 0.3) is 5.91 Å². The molecule has 0 aromatic heterocycles. The first-order valence-electron chi connectivity index (χ1n) is 9.88. The van der Waals surface area contributed by atoms with Crippen LogP contribution in [0.25, 0.3) is 0 Å². The number of rotatable bonds is 6. The van der Waals surface area contributed by atoms with Crippen LogP contribution in [0.3, 0.4) is 0 Å². The Balaban J connectivity index is 1.46. The SMILES string of the molecule is CC(C)c1ccccc1NC(=O)C[NH+]1CCC(Cc2ccccc2)CC1. The summed E-state index contributed by atoms with van der Waals surface area (Å²) in [4.78, 5) is 13.9. The van der Waals surface area contributed by atoms with Gasteiger partial charge in [0.1, 0.15) is 0 Å². The highest BCUT2D eigenvalue weighted by molar-refractivity contribution is 5.92. The van der Waals surface area contributed by atoms with Crippen LogP contribution in [-0.2, 0) is 11.2 Å². The van der Waals surface area contributed by atoms with Crippen molar-refractivity contribution in [2.75, 3.05) is 25.0 Å². The third-order valence-electron chi connectivity index (χ3n) is 5.45. The molecule has 1 saturated heterocycles. The number of nitrogens with one attached hydrogen (secondary N) is 2. The van der Waals surface area contributed by atoms with Crippen molar-refractivity contribution in [3.05, 3.63) is 65.7 Å². The number of hydrogen-bond donors (Lipinski definition) is 2. The van der Waals surface area contributed by atoms with Crippen molar-refractivity contribution in [1.82, 2.24) is 0 Å². The number of carbonyl (C=O) groups excluding carboxylic acids is 1. The van der Waals surface area contributed by atoms with Gasteiger partial charge in [-0.25, -0.2) is 0 Å². The van der Waals surface area contributed by atoms with E-state index in [2.05, 4.69) is 55.6 Å². The first-order valence-corrected chi connectivity index (χ1v) is 9.88.